The molecule has 0 saturated carbocycles. The molecular weight excluding hydrogens is 514 g/mol. The van der Waals surface area contributed by atoms with Gasteiger partial charge in [-0.2, -0.15) is 5.10 Å². The fourth-order valence-corrected chi connectivity index (χ4v) is 5.42. The first-order valence-electron chi connectivity index (χ1n) is 12.5. The maximum absolute atomic E-state index is 13.7. The summed E-state index contributed by atoms with van der Waals surface area (Å²) in [6, 6.07) is 19.1. The van der Waals surface area contributed by atoms with Crippen molar-refractivity contribution in [1.29, 1.82) is 0 Å². The van der Waals surface area contributed by atoms with Crippen LogP contribution in [0.1, 0.15) is 16.8 Å². The Morgan fingerprint density at radius 2 is 1.79 bits per heavy atom. The number of amides is 2. The molecule has 10 heteroatoms. The molecule has 5 rings (SSSR count). The number of anilines is 1. The number of aromatic nitrogens is 3. The Hall–Kier alpha value is -4.44. The summed E-state index contributed by atoms with van der Waals surface area (Å²) in [7, 11) is -1.73. The van der Waals surface area contributed by atoms with E-state index in [0.717, 1.165) is 33.9 Å². The third-order valence-corrected chi connectivity index (χ3v) is 8.03. The zero-order valence-electron chi connectivity index (χ0n) is 21.9. The van der Waals surface area contributed by atoms with Gasteiger partial charge in [-0.1, -0.05) is 30.3 Å². The highest BCUT2D eigenvalue weighted by molar-refractivity contribution is 7.90. The van der Waals surface area contributed by atoms with Crippen molar-refractivity contribution < 1.29 is 18.0 Å². The van der Waals surface area contributed by atoms with Crippen molar-refractivity contribution in [3.8, 4) is 0 Å². The molecule has 0 saturated heterocycles. The van der Waals surface area contributed by atoms with Gasteiger partial charge in [-0.25, -0.2) is 8.42 Å². The molecule has 39 heavy (non-hydrogen) atoms. The topological polar surface area (TPSA) is 128 Å². The Bertz CT molecular complexity index is 1790. The Morgan fingerprint density at radius 1 is 1.03 bits per heavy atom. The fourth-order valence-electron chi connectivity index (χ4n) is 4.77. The van der Waals surface area contributed by atoms with Crippen molar-refractivity contribution in [2.45, 2.75) is 30.7 Å². The molecule has 5 aromatic rings. The number of H-pyrrole nitrogens is 2. The number of rotatable bonds is 8. The molecule has 3 aromatic carbocycles. The average Bonchev–Trinajstić information content (AvgIpc) is 3.50. The molecule has 1 atom stereocenters. The second kappa shape index (κ2) is 10.4. The van der Waals surface area contributed by atoms with Crippen LogP contribution in [0, 0.1) is 6.92 Å². The molecule has 0 aliphatic heterocycles. The number of nitrogens with zero attached hydrogens (tertiary/aromatic N) is 2. The van der Waals surface area contributed by atoms with E-state index in [1.807, 2.05) is 55.5 Å². The van der Waals surface area contributed by atoms with Crippen LogP contribution < -0.4 is 10.2 Å². The van der Waals surface area contributed by atoms with E-state index in [-0.39, 0.29) is 23.1 Å². The molecule has 0 bridgehead atoms. The molecule has 2 amide bonds. The van der Waals surface area contributed by atoms with E-state index in [1.165, 1.54) is 4.90 Å². The molecule has 0 aliphatic rings. The lowest BCUT2D eigenvalue weighted by Crippen LogP contribution is -2.49. The first kappa shape index (κ1) is 26.2. The first-order chi connectivity index (χ1) is 18.6. The predicted octanol–water partition coefficient (Wildman–Crippen LogP) is 3.69. The number of benzene rings is 3. The Morgan fingerprint density at radius 3 is 2.54 bits per heavy atom. The minimum atomic E-state index is -3.41. The molecule has 0 radical (unpaired) electrons. The summed E-state index contributed by atoms with van der Waals surface area (Å²) in [5.41, 5.74) is 4.59. The van der Waals surface area contributed by atoms with E-state index >= 15 is 0 Å². The van der Waals surface area contributed by atoms with E-state index in [4.69, 9.17) is 0 Å². The van der Waals surface area contributed by atoms with Gasteiger partial charge in [0.15, 0.2) is 9.84 Å². The van der Waals surface area contributed by atoms with Crippen molar-refractivity contribution in [1.82, 2.24) is 20.5 Å². The van der Waals surface area contributed by atoms with Gasteiger partial charge in [-0.3, -0.25) is 14.7 Å². The maximum atomic E-state index is 13.7. The summed E-state index contributed by atoms with van der Waals surface area (Å²) in [5, 5.41) is 11.5. The van der Waals surface area contributed by atoms with Crippen molar-refractivity contribution in [3.63, 3.8) is 0 Å². The molecule has 9 nitrogen and oxygen atoms in total. The molecule has 0 aliphatic carbocycles. The third kappa shape index (κ3) is 5.56. The van der Waals surface area contributed by atoms with E-state index in [0.29, 0.717) is 23.1 Å². The molecule has 0 fully saturated rings. The van der Waals surface area contributed by atoms with Crippen molar-refractivity contribution in [2.75, 3.05) is 18.2 Å². The molecule has 200 valence electrons. The Balaban J connectivity index is 1.42. The minimum Gasteiger partial charge on any atom is -0.358 e. The highest BCUT2D eigenvalue weighted by Gasteiger charge is 2.26. The standard InChI is InChI=1S/C29H29N5O4S/c1-18-23(24-15-22(39(3,37)38)11-12-25(24)31-18)16-28(35)32-27(13-19-7-5-4-6-8-19)29(36)34(2)21-10-9-20-17-30-33-26(20)14-21/h4-12,14-15,17,27,31H,13,16H2,1-3H3,(H,30,33)(H,32,35). The zero-order chi connectivity index (χ0) is 27.7. The smallest absolute Gasteiger partial charge is 0.249 e. The molecule has 2 aromatic heterocycles. The largest absolute Gasteiger partial charge is 0.358 e. The van der Waals surface area contributed by atoms with E-state index < -0.39 is 15.9 Å². The number of hydrogen-bond donors (Lipinski definition) is 3. The monoisotopic (exact) mass is 543 g/mol. The Kier molecular flexibility index (Phi) is 6.96. The van der Waals surface area contributed by atoms with Crippen LogP contribution in [0.5, 0.6) is 0 Å². The third-order valence-electron chi connectivity index (χ3n) is 6.92. The number of hydrogen-bond acceptors (Lipinski definition) is 5. The van der Waals surface area contributed by atoms with Crippen LogP contribution in [0.2, 0.25) is 0 Å². The summed E-state index contributed by atoms with van der Waals surface area (Å²) in [4.78, 5) is 32.0. The minimum absolute atomic E-state index is 0.0125. The van der Waals surface area contributed by atoms with E-state index in [1.54, 1.807) is 31.4 Å². The lowest BCUT2D eigenvalue weighted by atomic mass is 10.0. The fraction of sp³-hybridized carbons (Fsp3) is 0.207. The number of sulfone groups is 1. The molecule has 1 unspecified atom stereocenters. The van der Waals surface area contributed by atoms with E-state index in [9.17, 15) is 18.0 Å². The van der Waals surface area contributed by atoms with E-state index in [2.05, 4.69) is 20.5 Å². The molecule has 3 N–H and O–H groups in total. The van der Waals surface area contributed by atoms with Crippen LogP contribution in [0.4, 0.5) is 5.69 Å². The number of aromatic amines is 2. The average molecular weight is 544 g/mol. The summed E-state index contributed by atoms with van der Waals surface area (Å²) >= 11 is 0. The number of carbonyl (C=O) groups excluding carboxylic acids is 2. The predicted molar refractivity (Wildman–Crippen MR) is 151 cm³/mol. The van der Waals surface area contributed by atoms with Crippen molar-refractivity contribution >= 4 is 49.1 Å². The van der Waals surface area contributed by atoms with Gasteiger partial charge in [-0.05, 0) is 54.4 Å². The SMILES string of the molecule is Cc1[nH]c2ccc(S(C)(=O)=O)cc2c1CC(=O)NC(Cc1ccccc1)C(=O)N(C)c1ccc2cn[nH]c2c1. The number of fused-ring (bicyclic) bond motifs is 2. The molecule has 2 heterocycles. The molecular formula is C29H29N5O4S. The lowest BCUT2D eigenvalue weighted by molar-refractivity contribution is -0.127. The number of likely N-dealkylation sites (N-methyl/N-ethyl adjacent to an activating group) is 1. The van der Waals surface area contributed by atoms with Gasteiger partial charge in [0.25, 0.3) is 0 Å². The summed E-state index contributed by atoms with van der Waals surface area (Å²) in [6.45, 7) is 1.84. The second-order valence-electron chi connectivity index (χ2n) is 9.73. The van der Waals surface area contributed by atoms with Crippen LogP contribution in [0.3, 0.4) is 0 Å². The second-order valence-corrected chi connectivity index (χ2v) is 11.7. The van der Waals surface area contributed by atoms with Gasteiger partial charge in [-0.15, -0.1) is 0 Å². The van der Waals surface area contributed by atoms with Crippen LogP contribution in [0.25, 0.3) is 21.8 Å². The van der Waals surface area contributed by atoms with Crippen molar-refractivity contribution in [3.05, 3.63) is 89.7 Å². The van der Waals surface area contributed by atoms with Gasteiger partial charge >= 0.3 is 0 Å². The van der Waals surface area contributed by atoms with Crippen LogP contribution in [0.15, 0.2) is 77.8 Å². The Labute approximate surface area is 226 Å². The van der Waals surface area contributed by atoms with Crippen LogP contribution in [-0.2, 0) is 32.3 Å². The number of nitrogens with one attached hydrogen (secondary N) is 3. The normalized spacial score (nSPS) is 12.5. The van der Waals surface area contributed by atoms with Crippen LogP contribution in [-0.4, -0.2) is 54.8 Å². The van der Waals surface area contributed by atoms with Crippen molar-refractivity contribution in [2.24, 2.45) is 0 Å². The number of aryl methyl sites for hydroxylation is 1. The molecule has 0 spiro atoms. The quantitative estimate of drug-likeness (QED) is 0.275. The summed E-state index contributed by atoms with van der Waals surface area (Å²) in [5.74, 6) is -0.600. The zero-order valence-corrected chi connectivity index (χ0v) is 22.7. The summed E-state index contributed by atoms with van der Waals surface area (Å²) < 4.78 is 24.2. The maximum Gasteiger partial charge on any atom is 0.249 e. The first-order valence-corrected chi connectivity index (χ1v) is 14.3. The van der Waals surface area contributed by atoms with Gasteiger partial charge < -0.3 is 15.2 Å². The van der Waals surface area contributed by atoms with Crippen LogP contribution >= 0.6 is 0 Å². The van der Waals surface area contributed by atoms with Gasteiger partial charge in [0.05, 0.1) is 23.0 Å². The lowest BCUT2D eigenvalue weighted by Gasteiger charge is -2.25. The highest BCUT2D eigenvalue weighted by Crippen LogP contribution is 2.26. The van der Waals surface area contributed by atoms with Gasteiger partial charge in [0.2, 0.25) is 11.8 Å². The highest BCUT2D eigenvalue weighted by atomic mass is 32.2. The van der Waals surface area contributed by atoms with Gasteiger partial charge in [0.1, 0.15) is 6.04 Å². The van der Waals surface area contributed by atoms with Gasteiger partial charge in [0, 0.05) is 47.4 Å². The summed E-state index contributed by atoms with van der Waals surface area (Å²) in [6.07, 6.45) is 3.17. The number of carbonyl (C=O) groups is 2.